The van der Waals surface area contributed by atoms with Crippen molar-refractivity contribution in [1.82, 2.24) is 4.98 Å². The molecule has 0 aromatic carbocycles. The summed E-state index contributed by atoms with van der Waals surface area (Å²) >= 11 is 0.645. The van der Waals surface area contributed by atoms with E-state index in [0.29, 0.717) is 11.3 Å². The molecule has 0 fully saturated rings. The van der Waals surface area contributed by atoms with Crippen LogP contribution in [0.25, 0.3) is 0 Å². The van der Waals surface area contributed by atoms with E-state index in [1.54, 1.807) is 0 Å². The highest BCUT2D eigenvalue weighted by molar-refractivity contribution is 7.15. The number of alkyl halides is 3. The molecule has 0 aliphatic rings. The van der Waals surface area contributed by atoms with Crippen LogP contribution in [0.5, 0.6) is 0 Å². The van der Waals surface area contributed by atoms with E-state index in [0.717, 1.165) is 0 Å². The Kier molecular flexibility index (Phi) is 2.49. The normalized spacial score (nSPS) is 13.3. The summed E-state index contributed by atoms with van der Waals surface area (Å²) in [6.07, 6.45) is -4.58. The van der Waals surface area contributed by atoms with E-state index in [2.05, 4.69) is 4.98 Å². The zero-order valence-corrected chi connectivity index (χ0v) is 8.33. The molecular formula is C7H9F3N2OS. The van der Waals surface area contributed by atoms with Gasteiger partial charge in [0.1, 0.15) is 0 Å². The van der Waals surface area contributed by atoms with Crippen molar-refractivity contribution in [1.29, 1.82) is 0 Å². The molecular weight excluding hydrogens is 217 g/mol. The molecule has 0 amide bonds. The van der Waals surface area contributed by atoms with Crippen LogP contribution in [0.4, 0.5) is 18.3 Å². The van der Waals surface area contributed by atoms with Gasteiger partial charge in [0.2, 0.25) is 0 Å². The van der Waals surface area contributed by atoms with Crippen LogP contribution in [-0.2, 0) is 11.8 Å². The highest BCUT2D eigenvalue weighted by Crippen LogP contribution is 2.40. The summed E-state index contributed by atoms with van der Waals surface area (Å²) in [5.74, 6) is 0. The van der Waals surface area contributed by atoms with Gasteiger partial charge in [-0.15, -0.1) is 0 Å². The summed E-state index contributed by atoms with van der Waals surface area (Å²) in [6, 6.07) is 0. The fourth-order valence-electron chi connectivity index (χ4n) is 0.943. The second-order valence-corrected chi connectivity index (χ2v) is 4.32. The van der Waals surface area contributed by atoms with E-state index in [1.807, 2.05) is 0 Å². The fraction of sp³-hybridized carbons (Fsp3) is 0.571. The first-order chi connectivity index (χ1) is 6.12. The van der Waals surface area contributed by atoms with Crippen molar-refractivity contribution in [2.24, 2.45) is 0 Å². The maximum atomic E-state index is 12.4. The number of rotatable bonds is 1. The SMILES string of the molecule is CC(C)(O)c1sc(N)nc1C(F)(F)F. The summed E-state index contributed by atoms with van der Waals surface area (Å²) in [7, 11) is 0. The lowest BCUT2D eigenvalue weighted by Crippen LogP contribution is -2.20. The number of nitrogen functional groups attached to an aromatic ring is 1. The van der Waals surface area contributed by atoms with E-state index in [-0.39, 0.29) is 10.0 Å². The van der Waals surface area contributed by atoms with E-state index in [1.165, 1.54) is 13.8 Å². The predicted molar refractivity (Wildman–Crippen MR) is 46.8 cm³/mol. The third kappa shape index (κ3) is 2.16. The average Bonchev–Trinajstić information content (AvgIpc) is 2.27. The molecule has 1 aromatic heterocycles. The Morgan fingerprint density at radius 2 is 1.86 bits per heavy atom. The van der Waals surface area contributed by atoms with Crippen molar-refractivity contribution in [3.8, 4) is 0 Å². The number of anilines is 1. The molecule has 0 saturated carbocycles. The van der Waals surface area contributed by atoms with Crippen molar-refractivity contribution >= 4 is 16.5 Å². The Morgan fingerprint density at radius 1 is 1.36 bits per heavy atom. The maximum Gasteiger partial charge on any atom is 0.434 e. The molecule has 0 aliphatic heterocycles. The smallest absolute Gasteiger partial charge is 0.385 e. The Labute approximate surface area is 82.4 Å². The van der Waals surface area contributed by atoms with Gasteiger partial charge < -0.3 is 10.8 Å². The summed E-state index contributed by atoms with van der Waals surface area (Å²) in [5, 5.41) is 9.26. The summed E-state index contributed by atoms with van der Waals surface area (Å²) in [5.41, 5.74) is 2.48. The van der Waals surface area contributed by atoms with Crippen molar-refractivity contribution in [2.75, 3.05) is 5.73 Å². The zero-order valence-electron chi connectivity index (χ0n) is 7.51. The Morgan fingerprint density at radius 3 is 2.14 bits per heavy atom. The molecule has 0 unspecified atom stereocenters. The minimum atomic E-state index is -4.58. The molecule has 0 spiro atoms. The molecule has 0 bridgehead atoms. The molecule has 80 valence electrons. The lowest BCUT2D eigenvalue weighted by molar-refractivity contribution is -0.143. The van der Waals surface area contributed by atoms with Crippen LogP contribution in [0.15, 0.2) is 0 Å². The third-order valence-electron chi connectivity index (χ3n) is 1.47. The standard InChI is InChI=1S/C7H9F3N2OS/c1-6(2,13)4-3(7(8,9)10)12-5(11)14-4/h13H,1-2H3,(H2,11,12). The number of hydrogen-bond acceptors (Lipinski definition) is 4. The topological polar surface area (TPSA) is 59.1 Å². The van der Waals surface area contributed by atoms with Crippen LogP contribution in [-0.4, -0.2) is 10.1 Å². The quantitative estimate of drug-likeness (QED) is 0.769. The van der Waals surface area contributed by atoms with Crippen molar-refractivity contribution in [3.63, 3.8) is 0 Å². The lowest BCUT2D eigenvalue weighted by atomic mass is 10.1. The van der Waals surface area contributed by atoms with E-state index >= 15 is 0 Å². The van der Waals surface area contributed by atoms with Crippen molar-refractivity contribution in [3.05, 3.63) is 10.6 Å². The van der Waals surface area contributed by atoms with Crippen LogP contribution in [0.2, 0.25) is 0 Å². The fourth-order valence-corrected chi connectivity index (χ4v) is 1.80. The number of aromatic nitrogens is 1. The summed E-state index contributed by atoms with van der Waals surface area (Å²) in [4.78, 5) is 2.90. The van der Waals surface area contributed by atoms with Crippen molar-refractivity contribution < 1.29 is 18.3 Å². The molecule has 7 heteroatoms. The highest BCUT2D eigenvalue weighted by atomic mass is 32.1. The van der Waals surface area contributed by atoms with Gasteiger partial charge in [-0.05, 0) is 13.8 Å². The van der Waals surface area contributed by atoms with E-state index in [4.69, 9.17) is 5.73 Å². The highest BCUT2D eigenvalue weighted by Gasteiger charge is 2.41. The largest absolute Gasteiger partial charge is 0.434 e. The average molecular weight is 226 g/mol. The van der Waals surface area contributed by atoms with Crippen LogP contribution < -0.4 is 5.73 Å². The Balaban J connectivity index is 3.31. The lowest BCUT2D eigenvalue weighted by Gasteiger charge is -2.17. The monoisotopic (exact) mass is 226 g/mol. The molecule has 3 nitrogen and oxygen atoms in total. The van der Waals surface area contributed by atoms with Gasteiger partial charge in [0.25, 0.3) is 0 Å². The van der Waals surface area contributed by atoms with Crippen LogP contribution in [0.3, 0.4) is 0 Å². The molecule has 1 heterocycles. The van der Waals surface area contributed by atoms with Gasteiger partial charge in [0, 0.05) is 0 Å². The number of nitrogens with two attached hydrogens (primary N) is 1. The van der Waals surface area contributed by atoms with Gasteiger partial charge in [-0.1, -0.05) is 11.3 Å². The molecule has 1 rings (SSSR count). The first-order valence-electron chi connectivity index (χ1n) is 3.68. The van der Waals surface area contributed by atoms with Gasteiger partial charge in [0.05, 0.1) is 10.5 Å². The van der Waals surface area contributed by atoms with E-state index in [9.17, 15) is 18.3 Å². The second-order valence-electron chi connectivity index (χ2n) is 3.29. The number of nitrogens with zero attached hydrogens (tertiary/aromatic N) is 1. The van der Waals surface area contributed by atoms with Crippen LogP contribution >= 0.6 is 11.3 Å². The molecule has 3 N–H and O–H groups in total. The summed E-state index contributed by atoms with van der Waals surface area (Å²) < 4.78 is 37.1. The zero-order chi connectivity index (χ0) is 11.1. The molecule has 14 heavy (non-hydrogen) atoms. The van der Waals surface area contributed by atoms with Gasteiger partial charge in [-0.3, -0.25) is 0 Å². The molecule has 0 aliphatic carbocycles. The molecule has 1 aromatic rings. The van der Waals surface area contributed by atoms with Gasteiger partial charge in [-0.2, -0.15) is 13.2 Å². The summed E-state index contributed by atoms with van der Waals surface area (Å²) in [6.45, 7) is 2.52. The van der Waals surface area contributed by atoms with Gasteiger partial charge in [0.15, 0.2) is 10.8 Å². The first kappa shape index (κ1) is 11.3. The third-order valence-corrected chi connectivity index (χ3v) is 2.67. The number of aliphatic hydroxyl groups is 1. The van der Waals surface area contributed by atoms with Crippen LogP contribution in [0, 0.1) is 0 Å². The number of thiazole rings is 1. The maximum absolute atomic E-state index is 12.4. The number of hydrogen-bond donors (Lipinski definition) is 2. The molecule has 0 radical (unpaired) electrons. The first-order valence-corrected chi connectivity index (χ1v) is 4.50. The minimum Gasteiger partial charge on any atom is -0.385 e. The minimum absolute atomic E-state index is 0.200. The molecule has 0 saturated heterocycles. The van der Waals surface area contributed by atoms with Crippen molar-refractivity contribution in [2.45, 2.75) is 25.6 Å². The van der Waals surface area contributed by atoms with Gasteiger partial charge >= 0.3 is 6.18 Å². The second kappa shape index (κ2) is 3.09. The Bertz CT molecular complexity index is 308. The number of halogens is 3. The molecule has 0 atom stereocenters. The Hall–Kier alpha value is -0.820. The predicted octanol–water partition coefficient (Wildman–Crippen LogP) is 1.97. The van der Waals surface area contributed by atoms with E-state index < -0.39 is 17.5 Å². The van der Waals surface area contributed by atoms with Gasteiger partial charge in [-0.25, -0.2) is 4.98 Å². The van der Waals surface area contributed by atoms with Crippen LogP contribution in [0.1, 0.15) is 24.4 Å².